The molecule has 0 unspecified atom stereocenters. The predicted molar refractivity (Wildman–Crippen MR) is 69.0 cm³/mol. The summed E-state index contributed by atoms with van der Waals surface area (Å²) in [5, 5.41) is 8.37. The lowest BCUT2D eigenvalue weighted by molar-refractivity contribution is 0.250. The van der Waals surface area contributed by atoms with Crippen LogP contribution in [-0.2, 0) is 5.54 Å². The van der Waals surface area contributed by atoms with Gasteiger partial charge in [-0.25, -0.2) is 4.98 Å². The molecule has 0 spiro atoms. The molecule has 4 heteroatoms. The summed E-state index contributed by atoms with van der Waals surface area (Å²) >= 11 is 1.86. The SMILES string of the molecule is CCNC1(c2nc(C)c(C)s2)CCNCC1. The number of hydrogen-bond acceptors (Lipinski definition) is 4. The Morgan fingerprint density at radius 1 is 1.38 bits per heavy atom. The summed E-state index contributed by atoms with van der Waals surface area (Å²) in [5.74, 6) is 0. The van der Waals surface area contributed by atoms with Crippen molar-refractivity contribution in [2.24, 2.45) is 0 Å². The van der Waals surface area contributed by atoms with Gasteiger partial charge in [0.2, 0.25) is 0 Å². The molecule has 0 aliphatic carbocycles. The van der Waals surface area contributed by atoms with Gasteiger partial charge in [0.05, 0.1) is 11.2 Å². The first-order valence-electron chi connectivity index (χ1n) is 6.08. The molecule has 1 fully saturated rings. The standard InChI is InChI=1S/C12H21N3S/c1-4-14-12(5-7-13-8-6-12)11-15-9(2)10(3)16-11/h13-14H,4-8H2,1-3H3. The minimum absolute atomic E-state index is 0.129. The summed E-state index contributed by atoms with van der Waals surface area (Å²) in [6.07, 6.45) is 2.29. The zero-order chi connectivity index (χ0) is 11.6. The topological polar surface area (TPSA) is 37.0 Å². The van der Waals surface area contributed by atoms with Crippen molar-refractivity contribution < 1.29 is 0 Å². The average Bonchev–Trinajstić information content (AvgIpc) is 2.62. The summed E-state index contributed by atoms with van der Waals surface area (Å²) in [6.45, 7) is 9.64. The van der Waals surface area contributed by atoms with Gasteiger partial charge in [0.25, 0.3) is 0 Å². The van der Waals surface area contributed by atoms with Crippen molar-refractivity contribution in [2.45, 2.75) is 39.2 Å². The Bertz CT molecular complexity index is 328. The van der Waals surface area contributed by atoms with E-state index < -0.39 is 0 Å². The highest BCUT2D eigenvalue weighted by atomic mass is 32.1. The molecule has 2 rings (SSSR count). The van der Waals surface area contributed by atoms with E-state index in [0.29, 0.717) is 0 Å². The Morgan fingerprint density at radius 3 is 2.56 bits per heavy atom. The monoisotopic (exact) mass is 239 g/mol. The van der Waals surface area contributed by atoms with Crippen molar-refractivity contribution in [1.29, 1.82) is 0 Å². The molecule has 1 aliphatic rings. The van der Waals surface area contributed by atoms with E-state index in [1.54, 1.807) is 0 Å². The lowest BCUT2D eigenvalue weighted by Gasteiger charge is -2.36. The van der Waals surface area contributed by atoms with Crippen molar-refractivity contribution >= 4 is 11.3 Å². The van der Waals surface area contributed by atoms with Gasteiger partial charge in [0.1, 0.15) is 5.01 Å². The Morgan fingerprint density at radius 2 is 2.06 bits per heavy atom. The van der Waals surface area contributed by atoms with Gasteiger partial charge in [-0.1, -0.05) is 6.92 Å². The number of nitrogens with one attached hydrogen (secondary N) is 2. The van der Waals surface area contributed by atoms with Crippen LogP contribution in [0.3, 0.4) is 0 Å². The number of nitrogens with zero attached hydrogens (tertiary/aromatic N) is 1. The van der Waals surface area contributed by atoms with Gasteiger partial charge in [-0.05, 0) is 46.3 Å². The molecular weight excluding hydrogens is 218 g/mol. The second-order valence-electron chi connectivity index (χ2n) is 4.52. The van der Waals surface area contributed by atoms with Crippen molar-refractivity contribution in [3.05, 3.63) is 15.6 Å². The summed E-state index contributed by atoms with van der Waals surface area (Å²) < 4.78 is 0. The molecule has 0 radical (unpaired) electrons. The van der Waals surface area contributed by atoms with Crippen LogP contribution < -0.4 is 10.6 Å². The molecule has 2 N–H and O–H groups in total. The molecule has 1 aliphatic heterocycles. The van der Waals surface area contributed by atoms with E-state index in [-0.39, 0.29) is 5.54 Å². The zero-order valence-corrected chi connectivity index (χ0v) is 11.2. The van der Waals surface area contributed by atoms with Crippen LogP contribution in [0.15, 0.2) is 0 Å². The second kappa shape index (κ2) is 4.82. The third-order valence-corrected chi connectivity index (χ3v) is 4.69. The van der Waals surface area contributed by atoms with E-state index in [1.165, 1.54) is 15.6 Å². The number of hydrogen-bond donors (Lipinski definition) is 2. The fraction of sp³-hybridized carbons (Fsp3) is 0.750. The van der Waals surface area contributed by atoms with Gasteiger partial charge in [-0.15, -0.1) is 11.3 Å². The zero-order valence-electron chi connectivity index (χ0n) is 10.4. The van der Waals surface area contributed by atoms with Gasteiger partial charge in [0, 0.05) is 4.88 Å². The van der Waals surface area contributed by atoms with E-state index in [1.807, 2.05) is 11.3 Å². The largest absolute Gasteiger partial charge is 0.317 e. The van der Waals surface area contributed by atoms with Crippen molar-refractivity contribution in [1.82, 2.24) is 15.6 Å². The maximum Gasteiger partial charge on any atom is 0.113 e. The quantitative estimate of drug-likeness (QED) is 0.846. The van der Waals surface area contributed by atoms with E-state index in [2.05, 4.69) is 31.4 Å². The molecule has 90 valence electrons. The molecular formula is C12H21N3S. The number of aromatic nitrogens is 1. The fourth-order valence-corrected chi connectivity index (χ4v) is 3.47. The van der Waals surface area contributed by atoms with Gasteiger partial charge < -0.3 is 10.6 Å². The minimum atomic E-state index is 0.129. The highest BCUT2D eigenvalue weighted by Gasteiger charge is 2.35. The molecule has 0 aromatic carbocycles. The summed E-state index contributed by atoms with van der Waals surface area (Å²) in [5.41, 5.74) is 1.32. The first-order valence-corrected chi connectivity index (χ1v) is 6.90. The summed E-state index contributed by atoms with van der Waals surface area (Å²) in [4.78, 5) is 6.11. The van der Waals surface area contributed by atoms with E-state index in [0.717, 1.165) is 32.5 Å². The Kier molecular flexibility index (Phi) is 3.62. The number of aryl methyl sites for hydroxylation is 2. The third-order valence-electron chi connectivity index (χ3n) is 3.41. The minimum Gasteiger partial charge on any atom is -0.317 e. The van der Waals surface area contributed by atoms with Crippen LogP contribution >= 0.6 is 11.3 Å². The number of thiazole rings is 1. The smallest absolute Gasteiger partial charge is 0.113 e. The first-order chi connectivity index (χ1) is 7.68. The molecule has 2 heterocycles. The van der Waals surface area contributed by atoms with Crippen LogP contribution in [0, 0.1) is 13.8 Å². The number of piperidine rings is 1. The molecule has 3 nitrogen and oxygen atoms in total. The van der Waals surface area contributed by atoms with Gasteiger partial charge in [-0.3, -0.25) is 0 Å². The molecule has 0 amide bonds. The Hall–Kier alpha value is -0.450. The van der Waals surface area contributed by atoms with Gasteiger partial charge in [0.15, 0.2) is 0 Å². The molecule has 1 aromatic heterocycles. The Labute approximate surface area is 102 Å². The maximum atomic E-state index is 4.75. The van der Waals surface area contributed by atoms with Crippen LogP contribution in [0.2, 0.25) is 0 Å². The maximum absolute atomic E-state index is 4.75. The molecule has 1 aromatic rings. The van der Waals surface area contributed by atoms with Crippen LogP contribution in [0.25, 0.3) is 0 Å². The molecule has 0 saturated carbocycles. The van der Waals surface area contributed by atoms with E-state index in [9.17, 15) is 0 Å². The van der Waals surface area contributed by atoms with Crippen molar-refractivity contribution in [3.63, 3.8) is 0 Å². The van der Waals surface area contributed by atoms with Crippen LogP contribution in [0.5, 0.6) is 0 Å². The normalized spacial score (nSPS) is 19.9. The Balaban J connectivity index is 2.30. The third kappa shape index (κ3) is 2.14. The average molecular weight is 239 g/mol. The van der Waals surface area contributed by atoms with Crippen LogP contribution in [-0.4, -0.2) is 24.6 Å². The van der Waals surface area contributed by atoms with E-state index >= 15 is 0 Å². The van der Waals surface area contributed by atoms with Crippen LogP contribution in [0.4, 0.5) is 0 Å². The fourth-order valence-electron chi connectivity index (χ4n) is 2.34. The molecule has 1 saturated heterocycles. The first kappa shape index (κ1) is 12.0. The van der Waals surface area contributed by atoms with Gasteiger partial charge >= 0.3 is 0 Å². The summed E-state index contributed by atoms with van der Waals surface area (Å²) in [6, 6.07) is 0. The van der Waals surface area contributed by atoms with E-state index in [4.69, 9.17) is 4.98 Å². The molecule has 0 atom stereocenters. The van der Waals surface area contributed by atoms with Crippen molar-refractivity contribution in [3.8, 4) is 0 Å². The summed E-state index contributed by atoms with van der Waals surface area (Å²) in [7, 11) is 0. The number of rotatable bonds is 3. The lowest BCUT2D eigenvalue weighted by atomic mass is 9.89. The molecule has 0 bridgehead atoms. The van der Waals surface area contributed by atoms with Gasteiger partial charge in [-0.2, -0.15) is 0 Å². The van der Waals surface area contributed by atoms with Crippen molar-refractivity contribution in [2.75, 3.05) is 19.6 Å². The second-order valence-corrected chi connectivity index (χ2v) is 5.73. The van der Waals surface area contributed by atoms with Crippen LogP contribution in [0.1, 0.15) is 35.3 Å². The molecule has 16 heavy (non-hydrogen) atoms. The lowest BCUT2D eigenvalue weighted by Crippen LogP contribution is -2.49. The highest BCUT2D eigenvalue weighted by molar-refractivity contribution is 7.11. The highest BCUT2D eigenvalue weighted by Crippen LogP contribution is 2.34. The predicted octanol–water partition coefficient (Wildman–Crippen LogP) is 1.95.